The number of carbonyl (C=O) groups excluding carboxylic acids is 4. The monoisotopic (exact) mass is 555 g/mol. The maximum atomic E-state index is 13.5. The molecule has 2 aromatic carbocycles. The number of nitrogens with one attached hydrogen (secondary N) is 1. The van der Waals surface area contributed by atoms with Crippen LogP contribution in [0.5, 0.6) is 5.75 Å². The number of alkyl carbamates (subject to hydrolysis) is 1. The molecule has 1 fully saturated rings. The molecule has 0 saturated carbocycles. The van der Waals surface area contributed by atoms with Crippen LogP contribution in [0.25, 0.3) is 0 Å². The summed E-state index contributed by atoms with van der Waals surface area (Å²) in [4.78, 5) is 53.4. The molecule has 3 amide bonds. The predicted octanol–water partition coefficient (Wildman–Crippen LogP) is 4.14. The Kier molecular flexibility index (Phi) is 10.7. The second kappa shape index (κ2) is 14.2. The summed E-state index contributed by atoms with van der Waals surface area (Å²) in [6, 6.07) is 14.9. The summed E-state index contributed by atoms with van der Waals surface area (Å²) < 4.78 is 20.7. The van der Waals surface area contributed by atoms with Crippen molar-refractivity contribution in [3.8, 4) is 5.75 Å². The third kappa shape index (κ3) is 9.79. The van der Waals surface area contributed by atoms with Crippen molar-refractivity contribution in [2.75, 3.05) is 32.8 Å². The summed E-state index contributed by atoms with van der Waals surface area (Å²) in [5.74, 6) is -0.00841. The quantitative estimate of drug-likeness (QED) is 0.293. The average molecular weight is 556 g/mol. The van der Waals surface area contributed by atoms with Gasteiger partial charge in [-0.1, -0.05) is 42.5 Å². The van der Waals surface area contributed by atoms with Gasteiger partial charge < -0.3 is 34.1 Å². The van der Waals surface area contributed by atoms with E-state index in [4.69, 9.17) is 18.9 Å². The van der Waals surface area contributed by atoms with E-state index in [1.54, 1.807) is 61.8 Å². The Hall–Kier alpha value is -4.28. The third-order valence-corrected chi connectivity index (χ3v) is 5.87. The maximum absolute atomic E-state index is 13.5. The molecule has 1 atom stereocenters. The van der Waals surface area contributed by atoms with Crippen molar-refractivity contribution in [2.45, 2.75) is 52.4 Å². The van der Waals surface area contributed by atoms with Gasteiger partial charge in [0.15, 0.2) is 0 Å². The topological polar surface area (TPSA) is 124 Å². The minimum Gasteiger partial charge on any atom is -0.445 e. The fraction of sp³-hybridized carbons (Fsp3) is 0.448. The molecule has 11 heteroatoms. The summed E-state index contributed by atoms with van der Waals surface area (Å²) in [7, 11) is 0. The van der Waals surface area contributed by atoms with Crippen LogP contribution in [0, 0.1) is 0 Å². The lowest BCUT2D eigenvalue weighted by Gasteiger charge is -2.37. The Morgan fingerprint density at radius 2 is 1.48 bits per heavy atom. The summed E-state index contributed by atoms with van der Waals surface area (Å²) in [5.41, 5.74) is 0.928. The molecule has 0 aromatic heterocycles. The van der Waals surface area contributed by atoms with E-state index < -0.39 is 30.0 Å². The Morgan fingerprint density at radius 3 is 2.08 bits per heavy atom. The van der Waals surface area contributed by atoms with Gasteiger partial charge in [0.2, 0.25) is 5.91 Å². The third-order valence-electron chi connectivity index (χ3n) is 5.87. The number of hydrogen-bond donors (Lipinski definition) is 1. The number of ether oxygens (including phenoxy) is 4. The molecule has 1 aliphatic rings. The lowest BCUT2D eigenvalue weighted by molar-refractivity contribution is -0.135. The molecular weight excluding hydrogens is 518 g/mol. The first-order valence-corrected chi connectivity index (χ1v) is 13.2. The zero-order valence-electron chi connectivity index (χ0n) is 23.4. The molecule has 1 saturated heterocycles. The molecule has 1 aliphatic heterocycles. The summed E-state index contributed by atoms with van der Waals surface area (Å²) in [6.07, 6.45) is -1.79. The van der Waals surface area contributed by atoms with E-state index in [-0.39, 0.29) is 25.5 Å². The number of nitrogens with zero attached hydrogens (tertiary/aromatic N) is 2. The molecule has 1 N–H and O–H groups in total. The van der Waals surface area contributed by atoms with Crippen molar-refractivity contribution < 1.29 is 38.1 Å². The molecular formula is C29H37N3O8. The van der Waals surface area contributed by atoms with Gasteiger partial charge in [-0.25, -0.2) is 14.4 Å². The van der Waals surface area contributed by atoms with Crippen molar-refractivity contribution in [3.63, 3.8) is 0 Å². The highest BCUT2D eigenvalue weighted by atomic mass is 16.7. The molecule has 0 spiro atoms. The van der Waals surface area contributed by atoms with E-state index in [0.717, 1.165) is 11.1 Å². The molecule has 3 rings (SSSR count). The largest absolute Gasteiger partial charge is 0.513 e. The fourth-order valence-corrected chi connectivity index (χ4v) is 3.94. The van der Waals surface area contributed by atoms with E-state index >= 15 is 0 Å². The molecule has 2 aromatic rings. The lowest BCUT2D eigenvalue weighted by atomic mass is 10.0. The number of carbonyl (C=O) groups is 4. The number of piperazine rings is 1. The number of amides is 3. The minimum absolute atomic E-state index is 0.0576. The van der Waals surface area contributed by atoms with Gasteiger partial charge in [0, 0.05) is 32.6 Å². The zero-order valence-corrected chi connectivity index (χ0v) is 23.4. The smallest absolute Gasteiger partial charge is 0.445 e. The van der Waals surface area contributed by atoms with Gasteiger partial charge in [-0.3, -0.25) is 4.79 Å². The van der Waals surface area contributed by atoms with Gasteiger partial charge in [-0.15, -0.1) is 0 Å². The number of hydrogen-bond acceptors (Lipinski definition) is 8. The summed E-state index contributed by atoms with van der Waals surface area (Å²) in [6.45, 7) is 8.53. The highest BCUT2D eigenvalue weighted by molar-refractivity contribution is 5.86. The highest BCUT2D eigenvalue weighted by Crippen LogP contribution is 2.17. The van der Waals surface area contributed by atoms with Gasteiger partial charge in [0.1, 0.15) is 24.0 Å². The first-order valence-electron chi connectivity index (χ1n) is 13.2. The fourth-order valence-electron chi connectivity index (χ4n) is 3.94. The van der Waals surface area contributed by atoms with Crippen LogP contribution in [0.3, 0.4) is 0 Å². The van der Waals surface area contributed by atoms with Crippen LogP contribution in [-0.2, 0) is 32.0 Å². The van der Waals surface area contributed by atoms with Crippen LogP contribution in [0.15, 0.2) is 54.6 Å². The molecule has 0 aliphatic carbocycles. The van der Waals surface area contributed by atoms with E-state index in [0.29, 0.717) is 31.9 Å². The van der Waals surface area contributed by atoms with Crippen LogP contribution in [-0.4, -0.2) is 78.5 Å². The van der Waals surface area contributed by atoms with Crippen LogP contribution in [0.4, 0.5) is 14.4 Å². The van der Waals surface area contributed by atoms with Crippen molar-refractivity contribution in [1.29, 1.82) is 0 Å². The van der Waals surface area contributed by atoms with Crippen LogP contribution in [0.1, 0.15) is 38.8 Å². The zero-order chi connectivity index (χ0) is 29.1. The normalized spacial score (nSPS) is 14.1. The van der Waals surface area contributed by atoms with Crippen LogP contribution < -0.4 is 10.1 Å². The highest BCUT2D eigenvalue weighted by Gasteiger charge is 2.32. The van der Waals surface area contributed by atoms with Crippen molar-refractivity contribution in [2.24, 2.45) is 0 Å². The lowest BCUT2D eigenvalue weighted by Crippen LogP contribution is -2.56. The average Bonchev–Trinajstić information content (AvgIpc) is 2.92. The second-order valence-corrected chi connectivity index (χ2v) is 10.2. The summed E-state index contributed by atoms with van der Waals surface area (Å²) >= 11 is 0. The van der Waals surface area contributed by atoms with Gasteiger partial charge in [0.05, 0.1) is 6.61 Å². The predicted molar refractivity (Wildman–Crippen MR) is 146 cm³/mol. The Morgan fingerprint density at radius 1 is 0.850 bits per heavy atom. The molecule has 216 valence electrons. The first-order chi connectivity index (χ1) is 19.0. The van der Waals surface area contributed by atoms with E-state index in [1.807, 2.05) is 30.3 Å². The van der Waals surface area contributed by atoms with E-state index in [9.17, 15) is 19.2 Å². The van der Waals surface area contributed by atoms with Gasteiger partial charge in [-0.2, -0.15) is 0 Å². The standard InChI is InChI=1S/C29H37N3O8/c1-5-37-28(36)39-23-13-11-21(12-14-23)19-24(30-26(34)38-20-22-9-7-6-8-10-22)25(33)31-15-17-32(18-16-31)27(35)40-29(2,3)4/h6-14,24H,5,15-20H2,1-4H3,(H,30,34)/t24-/m0/s1. The molecule has 40 heavy (non-hydrogen) atoms. The van der Waals surface area contributed by atoms with Crippen molar-refractivity contribution >= 4 is 24.2 Å². The Bertz CT molecular complexity index is 1140. The first kappa shape index (κ1) is 30.3. The van der Waals surface area contributed by atoms with E-state index in [1.165, 1.54) is 0 Å². The Labute approximate surface area is 234 Å². The number of rotatable bonds is 8. The van der Waals surface area contributed by atoms with Crippen LogP contribution >= 0.6 is 0 Å². The maximum Gasteiger partial charge on any atom is 0.513 e. The van der Waals surface area contributed by atoms with Gasteiger partial charge in [-0.05, 0) is 51.0 Å². The molecule has 1 heterocycles. The SMILES string of the molecule is CCOC(=O)Oc1ccc(C[C@H](NC(=O)OCc2ccccc2)C(=O)N2CCN(C(=O)OC(C)(C)C)CC2)cc1. The van der Waals surface area contributed by atoms with E-state index in [2.05, 4.69) is 5.32 Å². The van der Waals surface area contributed by atoms with Crippen molar-refractivity contribution in [3.05, 3.63) is 65.7 Å². The van der Waals surface area contributed by atoms with Gasteiger partial charge in [0.25, 0.3) is 0 Å². The van der Waals surface area contributed by atoms with Gasteiger partial charge >= 0.3 is 18.3 Å². The molecule has 0 radical (unpaired) electrons. The molecule has 0 unspecified atom stereocenters. The second-order valence-electron chi connectivity index (χ2n) is 10.2. The van der Waals surface area contributed by atoms with Crippen LogP contribution in [0.2, 0.25) is 0 Å². The Balaban J connectivity index is 1.65. The summed E-state index contributed by atoms with van der Waals surface area (Å²) in [5, 5.41) is 2.70. The molecule has 0 bridgehead atoms. The number of benzene rings is 2. The van der Waals surface area contributed by atoms with Crippen molar-refractivity contribution in [1.82, 2.24) is 15.1 Å². The minimum atomic E-state index is -0.923. The molecule has 11 nitrogen and oxygen atoms in total.